The van der Waals surface area contributed by atoms with E-state index in [9.17, 15) is 0 Å². The summed E-state index contributed by atoms with van der Waals surface area (Å²) in [6, 6.07) is 1.84. The Balaban J connectivity index is 1.86. The van der Waals surface area contributed by atoms with E-state index < -0.39 is 0 Å². The summed E-state index contributed by atoms with van der Waals surface area (Å²) in [5, 5.41) is 0.582. The number of halogens is 2. The van der Waals surface area contributed by atoms with Crippen LogP contribution in [0.15, 0.2) is 16.7 Å². The Morgan fingerprint density at radius 2 is 2.16 bits per heavy atom. The monoisotopic (exact) mass is 343 g/mol. The van der Waals surface area contributed by atoms with E-state index in [4.69, 9.17) is 16.3 Å². The van der Waals surface area contributed by atoms with E-state index in [2.05, 4.69) is 41.7 Å². The van der Waals surface area contributed by atoms with Gasteiger partial charge in [0.2, 0.25) is 5.88 Å². The molecule has 1 heterocycles. The number of nitrogens with zero attached hydrogens (tertiary/aromatic N) is 1. The van der Waals surface area contributed by atoms with Gasteiger partial charge >= 0.3 is 0 Å². The lowest BCUT2D eigenvalue weighted by Gasteiger charge is -2.38. The van der Waals surface area contributed by atoms with Gasteiger partial charge in [-0.2, -0.15) is 0 Å². The predicted molar refractivity (Wildman–Crippen MR) is 80.6 cm³/mol. The Kier molecular flexibility index (Phi) is 3.14. The maximum absolute atomic E-state index is 6.21. The largest absolute Gasteiger partial charge is 0.473 e. The summed E-state index contributed by atoms with van der Waals surface area (Å²) in [4.78, 5) is 4.30. The highest BCUT2D eigenvalue weighted by atomic mass is 79.9. The second-order valence-electron chi connectivity index (χ2n) is 6.66. The third kappa shape index (κ3) is 1.92. The lowest BCUT2D eigenvalue weighted by Crippen LogP contribution is -2.39. The standard InChI is InChI=1S/C15H19BrClNO/c1-14(2)9-4-5-15(14,3)12(6-9)19-13-11(17)7-10(16)8-18-13/h7-9,12H,4-6H2,1-3H3. The molecule has 3 rings (SSSR count). The van der Waals surface area contributed by atoms with Crippen LogP contribution >= 0.6 is 27.5 Å². The van der Waals surface area contributed by atoms with Crippen molar-refractivity contribution in [2.24, 2.45) is 16.7 Å². The molecule has 0 N–H and O–H groups in total. The van der Waals surface area contributed by atoms with Crippen LogP contribution in [-0.2, 0) is 0 Å². The van der Waals surface area contributed by atoms with Crippen LogP contribution in [0.25, 0.3) is 0 Å². The molecule has 2 aliphatic carbocycles. The second kappa shape index (κ2) is 4.36. The van der Waals surface area contributed by atoms with Crippen molar-refractivity contribution >= 4 is 27.5 Å². The smallest absolute Gasteiger partial charge is 0.232 e. The second-order valence-corrected chi connectivity index (χ2v) is 7.98. The quantitative estimate of drug-likeness (QED) is 0.745. The van der Waals surface area contributed by atoms with Gasteiger partial charge in [-0.25, -0.2) is 4.98 Å². The molecule has 1 aromatic rings. The first-order valence-corrected chi connectivity index (χ1v) is 7.99. The molecule has 0 aliphatic heterocycles. The number of aromatic nitrogens is 1. The van der Waals surface area contributed by atoms with Crippen molar-refractivity contribution in [3.8, 4) is 5.88 Å². The molecule has 2 nitrogen and oxygen atoms in total. The molecule has 2 saturated carbocycles. The van der Waals surface area contributed by atoms with Crippen LogP contribution in [-0.4, -0.2) is 11.1 Å². The van der Waals surface area contributed by atoms with Gasteiger partial charge < -0.3 is 4.74 Å². The van der Waals surface area contributed by atoms with Gasteiger partial charge in [-0.1, -0.05) is 32.4 Å². The average Bonchev–Trinajstić information content (AvgIpc) is 2.65. The molecule has 0 spiro atoms. The Labute approximate surface area is 128 Å². The highest BCUT2D eigenvalue weighted by molar-refractivity contribution is 9.10. The maximum Gasteiger partial charge on any atom is 0.232 e. The van der Waals surface area contributed by atoms with Crippen molar-refractivity contribution in [3.63, 3.8) is 0 Å². The predicted octanol–water partition coefficient (Wildman–Crippen LogP) is 5.09. The van der Waals surface area contributed by atoms with Gasteiger partial charge in [-0.05, 0) is 52.6 Å². The van der Waals surface area contributed by atoms with Crippen molar-refractivity contribution in [1.82, 2.24) is 4.98 Å². The van der Waals surface area contributed by atoms with Gasteiger partial charge in [-0.15, -0.1) is 0 Å². The van der Waals surface area contributed by atoms with Gasteiger partial charge in [0, 0.05) is 16.1 Å². The molecule has 3 atom stereocenters. The normalized spacial score (nSPS) is 35.6. The number of rotatable bonds is 2. The minimum Gasteiger partial charge on any atom is -0.473 e. The summed E-state index contributed by atoms with van der Waals surface area (Å²) < 4.78 is 7.05. The van der Waals surface area contributed by atoms with Crippen molar-refractivity contribution in [1.29, 1.82) is 0 Å². The maximum atomic E-state index is 6.21. The summed E-state index contributed by atoms with van der Waals surface area (Å²) in [7, 11) is 0. The van der Waals surface area contributed by atoms with Gasteiger partial charge in [0.05, 0.1) is 0 Å². The number of hydrogen-bond acceptors (Lipinski definition) is 2. The van der Waals surface area contributed by atoms with Crippen LogP contribution in [0.3, 0.4) is 0 Å². The fraction of sp³-hybridized carbons (Fsp3) is 0.667. The van der Waals surface area contributed by atoms with Crippen LogP contribution in [0.5, 0.6) is 5.88 Å². The van der Waals surface area contributed by atoms with E-state index in [1.54, 1.807) is 6.20 Å². The van der Waals surface area contributed by atoms with Crippen LogP contribution < -0.4 is 4.74 Å². The molecular weight excluding hydrogens is 326 g/mol. The van der Waals surface area contributed by atoms with Crippen molar-refractivity contribution < 1.29 is 4.74 Å². The minimum absolute atomic E-state index is 0.229. The van der Waals surface area contributed by atoms with Crippen LogP contribution in [0, 0.1) is 16.7 Å². The molecule has 2 fully saturated rings. The van der Waals surface area contributed by atoms with Crippen LogP contribution in [0.4, 0.5) is 0 Å². The minimum atomic E-state index is 0.229. The van der Waals surface area contributed by atoms with Crippen molar-refractivity contribution in [3.05, 3.63) is 21.8 Å². The molecule has 0 saturated heterocycles. The average molecular weight is 345 g/mol. The highest BCUT2D eigenvalue weighted by Gasteiger charge is 2.62. The first-order valence-electron chi connectivity index (χ1n) is 6.82. The van der Waals surface area contributed by atoms with Crippen molar-refractivity contribution in [2.45, 2.75) is 46.1 Å². The van der Waals surface area contributed by atoms with Crippen LogP contribution in [0.2, 0.25) is 5.02 Å². The molecule has 4 heteroatoms. The molecule has 0 amide bonds. The van der Waals surface area contributed by atoms with Gasteiger partial charge in [-0.3, -0.25) is 0 Å². The number of fused-ring (bicyclic) bond motifs is 2. The van der Waals surface area contributed by atoms with Crippen LogP contribution in [0.1, 0.15) is 40.0 Å². The fourth-order valence-corrected chi connectivity index (χ4v) is 4.61. The lowest BCUT2D eigenvalue weighted by molar-refractivity contribution is 0.0274. The third-order valence-corrected chi connectivity index (χ3v) is 6.45. The van der Waals surface area contributed by atoms with Gasteiger partial charge in [0.15, 0.2) is 0 Å². The topological polar surface area (TPSA) is 22.1 Å². The van der Waals surface area contributed by atoms with E-state index in [1.807, 2.05) is 6.07 Å². The SMILES string of the molecule is CC1(C)C2CCC1(C)C(Oc1ncc(Br)cc1Cl)C2. The van der Waals surface area contributed by atoms with E-state index in [0.717, 1.165) is 16.8 Å². The van der Waals surface area contributed by atoms with Gasteiger partial charge in [0.25, 0.3) is 0 Å². The third-order valence-electron chi connectivity index (χ3n) is 5.74. The van der Waals surface area contributed by atoms with E-state index >= 15 is 0 Å². The number of hydrogen-bond donors (Lipinski definition) is 0. The van der Waals surface area contributed by atoms with Crippen molar-refractivity contribution in [2.75, 3.05) is 0 Å². The van der Waals surface area contributed by atoms with E-state index in [1.165, 1.54) is 12.8 Å². The Morgan fingerprint density at radius 1 is 1.42 bits per heavy atom. The summed E-state index contributed by atoms with van der Waals surface area (Å²) >= 11 is 9.58. The zero-order valence-electron chi connectivity index (χ0n) is 11.5. The Morgan fingerprint density at radius 3 is 2.68 bits per heavy atom. The zero-order chi connectivity index (χ0) is 13.8. The Bertz CT molecular complexity index is 519. The molecule has 19 heavy (non-hydrogen) atoms. The lowest BCUT2D eigenvalue weighted by atomic mass is 9.70. The summed E-state index contributed by atoms with van der Waals surface area (Å²) in [6.45, 7) is 7.12. The summed E-state index contributed by atoms with van der Waals surface area (Å²) in [6.07, 6.45) is 5.65. The molecule has 2 aliphatic rings. The molecular formula is C15H19BrClNO. The zero-order valence-corrected chi connectivity index (χ0v) is 13.9. The summed E-state index contributed by atoms with van der Waals surface area (Å²) in [5.41, 5.74) is 0.579. The molecule has 1 aromatic heterocycles. The first-order chi connectivity index (χ1) is 8.84. The molecule has 0 aromatic carbocycles. The molecule has 3 unspecified atom stereocenters. The summed E-state index contributed by atoms with van der Waals surface area (Å²) in [5.74, 6) is 1.33. The molecule has 104 valence electrons. The fourth-order valence-electron chi connectivity index (χ4n) is 3.93. The number of pyridine rings is 1. The number of ether oxygens (including phenoxy) is 1. The van der Waals surface area contributed by atoms with E-state index in [-0.39, 0.29) is 11.5 Å². The highest BCUT2D eigenvalue weighted by Crippen LogP contribution is 2.66. The van der Waals surface area contributed by atoms with Gasteiger partial charge in [0.1, 0.15) is 11.1 Å². The first kappa shape index (κ1) is 13.7. The Hall–Kier alpha value is -0.280. The van der Waals surface area contributed by atoms with E-state index in [0.29, 0.717) is 16.3 Å². The molecule has 0 radical (unpaired) electrons. The molecule has 2 bridgehead atoms.